The van der Waals surface area contributed by atoms with Crippen molar-refractivity contribution in [3.05, 3.63) is 45.0 Å². The van der Waals surface area contributed by atoms with Gasteiger partial charge in [0.15, 0.2) is 0 Å². The van der Waals surface area contributed by atoms with Gasteiger partial charge in [-0.1, -0.05) is 22.8 Å². The van der Waals surface area contributed by atoms with Gasteiger partial charge in [0.2, 0.25) is 0 Å². The van der Waals surface area contributed by atoms with Crippen LogP contribution in [0.3, 0.4) is 0 Å². The first-order valence-electron chi connectivity index (χ1n) is 5.40. The molecule has 0 aliphatic rings. The summed E-state index contributed by atoms with van der Waals surface area (Å²) in [6.45, 7) is 0.819. The standard InChI is InChI=1S/C11H12ClFN4O/c12-10-8(4-3-5-9(10)13)11(18)15-6-1-2-7-16-17-14/h3-5H,1-2,6-7H2,(H,15,18). The molecule has 1 aromatic rings. The van der Waals surface area contributed by atoms with Gasteiger partial charge in [0.05, 0.1) is 10.6 Å². The largest absolute Gasteiger partial charge is 0.352 e. The summed E-state index contributed by atoms with van der Waals surface area (Å²) in [6, 6.07) is 4.08. The van der Waals surface area contributed by atoms with Crippen molar-refractivity contribution in [2.45, 2.75) is 12.8 Å². The number of benzene rings is 1. The van der Waals surface area contributed by atoms with E-state index in [0.29, 0.717) is 25.9 Å². The Kier molecular flexibility index (Phi) is 5.97. The van der Waals surface area contributed by atoms with Crippen molar-refractivity contribution in [1.29, 1.82) is 0 Å². The SMILES string of the molecule is [N-]=[N+]=NCCCCNC(=O)c1cccc(F)c1Cl. The highest BCUT2D eigenvalue weighted by atomic mass is 35.5. The lowest BCUT2D eigenvalue weighted by atomic mass is 10.2. The van der Waals surface area contributed by atoms with Crippen LogP contribution >= 0.6 is 11.6 Å². The maximum Gasteiger partial charge on any atom is 0.252 e. The van der Waals surface area contributed by atoms with Gasteiger partial charge in [0.1, 0.15) is 5.82 Å². The van der Waals surface area contributed by atoms with E-state index in [9.17, 15) is 9.18 Å². The number of carbonyl (C=O) groups excluding carboxylic acids is 1. The van der Waals surface area contributed by atoms with Crippen molar-refractivity contribution in [3.63, 3.8) is 0 Å². The van der Waals surface area contributed by atoms with E-state index in [1.54, 1.807) is 0 Å². The molecule has 0 saturated heterocycles. The molecule has 0 spiro atoms. The molecule has 0 heterocycles. The summed E-state index contributed by atoms with van der Waals surface area (Å²) in [5, 5.41) is 5.81. The molecule has 96 valence electrons. The van der Waals surface area contributed by atoms with Crippen LogP contribution in [0.25, 0.3) is 10.4 Å². The molecule has 0 bridgehead atoms. The fraction of sp³-hybridized carbons (Fsp3) is 0.364. The second-order valence-corrected chi connectivity index (χ2v) is 3.90. The average Bonchev–Trinajstić information content (AvgIpc) is 2.36. The molecule has 7 heteroatoms. The van der Waals surface area contributed by atoms with E-state index in [2.05, 4.69) is 15.3 Å². The molecule has 1 amide bonds. The van der Waals surface area contributed by atoms with Crippen LogP contribution in [0.2, 0.25) is 5.02 Å². The molecule has 18 heavy (non-hydrogen) atoms. The monoisotopic (exact) mass is 270 g/mol. The fourth-order valence-corrected chi connectivity index (χ4v) is 1.54. The van der Waals surface area contributed by atoms with Gasteiger partial charge >= 0.3 is 0 Å². The summed E-state index contributed by atoms with van der Waals surface area (Å²) in [5.41, 5.74) is 8.17. The molecule has 1 N–H and O–H groups in total. The fourth-order valence-electron chi connectivity index (χ4n) is 1.33. The van der Waals surface area contributed by atoms with E-state index in [-0.39, 0.29) is 10.6 Å². The van der Waals surface area contributed by atoms with Crippen molar-refractivity contribution in [1.82, 2.24) is 5.32 Å². The first kappa shape index (κ1) is 14.3. The Morgan fingerprint density at radius 1 is 1.50 bits per heavy atom. The van der Waals surface area contributed by atoms with Crippen LogP contribution in [0.15, 0.2) is 23.3 Å². The third-order valence-corrected chi connectivity index (χ3v) is 2.61. The van der Waals surface area contributed by atoms with Crippen molar-refractivity contribution in [2.75, 3.05) is 13.1 Å². The lowest BCUT2D eigenvalue weighted by Crippen LogP contribution is -2.25. The van der Waals surface area contributed by atoms with E-state index < -0.39 is 11.7 Å². The Balaban J connectivity index is 2.41. The molecule has 0 atom stereocenters. The molecular formula is C11H12ClFN4O. The third kappa shape index (κ3) is 4.24. The minimum Gasteiger partial charge on any atom is -0.352 e. The highest BCUT2D eigenvalue weighted by molar-refractivity contribution is 6.34. The maximum atomic E-state index is 13.1. The summed E-state index contributed by atoms with van der Waals surface area (Å²) >= 11 is 5.68. The predicted octanol–water partition coefficient (Wildman–Crippen LogP) is 3.30. The third-order valence-electron chi connectivity index (χ3n) is 2.23. The number of hydrogen-bond acceptors (Lipinski definition) is 2. The van der Waals surface area contributed by atoms with Gasteiger partial charge < -0.3 is 5.32 Å². The van der Waals surface area contributed by atoms with Gasteiger partial charge in [0.25, 0.3) is 5.91 Å². The zero-order valence-electron chi connectivity index (χ0n) is 9.57. The molecule has 5 nitrogen and oxygen atoms in total. The number of unbranched alkanes of at least 4 members (excludes halogenated alkanes) is 1. The van der Waals surface area contributed by atoms with Gasteiger partial charge in [0, 0.05) is 18.0 Å². The van der Waals surface area contributed by atoms with E-state index in [1.807, 2.05) is 0 Å². The van der Waals surface area contributed by atoms with Gasteiger partial charge in [-0.15, -0.1) is 0 Å². The number of hydrogen-bond donors (Lipinski definition) is 1. The smallest absolute Gasteiger partial charge is 0.252 e. The minimum absolute atomic E-state index is 0.117. The second-order valence-electron chi connectivity index (χ2n) is 3.52. The molecule has 0 aliphatic heterocycles. The van der Waals surface area contributed by atoms with Crippen molar-refractivity contribution < 1.29 is 9.18 Å². The topological polar surface area (TPSA) is 77.9 Å². The summed E-state index contributed by atoms with van der Waals surface area (Å²) in [5.74, 6) is -1.03. The first-order valence-corrected chi connectivity index (χ1v) is 5.77. The highest BCUT2D eigenvalue weighted by Crippen LogP contribution is 2.19. The quantitative estimate of drug-likeness (QED) is 0.366. The number of nitrogens with zero attached hydrogens (tertiary/aromatic N) is 3. The molecule has 1 aromatic carbocycles. The number of azide groups is 1. The molecule has 0 radical (unpaired) electrons. The van der Waals surface area contributed by atoms with Crippen LogP contribution in [0.4, 0.5) is 4.39 Å². The normalized spacial score (nSPS) is 9.67. The number of amides is 1. The zero-order chi connectivity index (χ0) is 13.4. The minimum atomic E-state index is -0.618. The number of rotatable bonds is 6. The van der Waals surface area contributed by atoms with Crippen molar-refractivity contribution in [3.8, 4) is 0 Å². The van der Waals surface area contributed by atoms with Crippen LogP contribution in [-0.2, 0) is 0 Å². The second kappa shape index (κ2) is 7.53. The Morgan fingerprint density at radius 2 is 2.28 bits per heavy atom. The first-order chi connectivity index (χ1) is 8.66. The van der Waals surface area contributed by atoms with Crippen LogP contribution < -0.4 is 5.32 Å². The Labute approximate surface area is 109 Å². The van der Waals surface area contributed by atoms with Gasteiger partial charge in [-0.25, -0.2) is 4.39 Å². The Bertz CT molecular complexity index is 474. The Morgan fingerprint density at radius 3 is 3.00 bits per heavy atom. The summed E-state index contributed by atoms with van der Waals surface area (Å²) in [4.78, 5) is 14.3. The van der Waals surface area contributed by atoms with E-state index in [1.165, 1.54) is 18.2 Å². The Hall–Kier alpha value is -1.78. The maximum absolute atomic E-state index is 13.1. The van der Waals surface area contributed by atoms with Crippen molar-refractivity contribution in [2.24, 2.45) is 5.11 Å². The lowest BCUT2D eigenvalue weighted by molar-refractivity contribution is 0.0953. The molecule has 0 aromatic heterocycles. The number of carbonyl (C=O) groups is 1. The van der Waals surface area contributed by atoms with Gasteiger partial charge in [-0.3, -0.25) is 4.79 Å². The van der Waals surface area contributed by atoms with Gasteiger partial charge in [-0.2, -0.15) is 0 Å². The summed E-state index contributed by atoms with van der Waals surface area (Å²) in [7, 11) is 0. The van der Waals surface area contributed by atoms with Gasteiger partial charge in [-0.05, 0) is 30.5 Å². The van der Waals surface area contributed by atoms with Crippen LogP contribution in [0, 0.1) is 5.82 Å². The molecule has 0 saturated carbocycles. The van der Waals surface area contributed by atoms with Crippen LogP contribution in [-0.4, -0.2) is 19.0 Å². The lowest BCUT2D eigenvalue weighted by Gasteiger charge is -2.06. The molecular weight excluding hydrogens is 259 g/mol. The summed E-state index contributed by atoms with van der Waals surface area (Å²) < 4.78 is 13.1. The van der Waals surface area contributed by atoms with E-state index >= 15 is 0 Å². The number of halogens is 2. The summed E-state index contributed by atoms with van der Waals surface area (Å²) in [6.07, 6.45) is 1.36. The van der Waals surface area contributed by atoms with E-state index in [4.69, 9.17) is 17.1 Å². The highest BCUT2D eigenvalue weighted by Gasteiger charge is 2.12. The predicted molar refractivity (Wildman–Crippen MR) is 67.0 cm³/mol. The molecule has 0 fully saturated rings. The molecule has 0 aliphatic carbocycles. The molecule has 1 rings (SSSR count). The number of nitrogens with one attached hydrogen (secondary N) is 1. The van der Waals surface area contributed by atoms with Crippen LogP contribution in [0.5, 0.6) is 0 Å². The van der Waals surface area contributed by atoms with Crippen LogP contribution in [0.1, 0.15) is 23.2 Å². The zero-order valence-corrected chi connectivity index (χ0v) is 10.3. The van der Waals surface area contributed by atoms with Crippen molar-refractivity contribution >= 4 is 17.5 Å². The molecule has 0 unspecified atom stereocenters. The van der Waals surface area contributed by atoms with E-state index in [0.717, 1.165) is 0 Å². The average molecular weight is 271 g/mol.